The molecule has 0 aliphatic heterocycles. The van der Waals surface area contributed by atoms with Gasteiger partial charge in [0.15, 0.2) is 5.82 Å². The lowest BCUT2D eigenvalue weighted by Crippen LogP contribution is -1.92. The third-order valence-electron chi connectivity index (χ3n) is 2.15. The van der Waals surface area contributed by atoms with Crippen molar-refractivity contribution in [2.24, 2.45) is 0 Å². The van der Waals surface area contributed by atoms with Crippen LogP contribution in [-0.4, -0.2) is 17.3 Å². The van der Waals surface area contributed by atoms with E-state index < -0.39 is 0 Å². The number of hydrogen-bond acceptors (Lipinski definition) is 4. The van der Waals surface area contributed by atoms with E-state index in [1.165, 1.54) is 6.08 Å². The summed E-state index contributed by atoms with van der Waals surface area (Å²) in [5, 5.41) is 3.84. The molecule has 2 aromatic rings. The van der Waals surface area contributed by atoms with Gasteiger partial charge >= 0.3 is 0 Å². The average molecular weight is 216 g/mol. The third-order valence-corrected chi connectivity index (χ3v) is 2.15. The van der Waals surface area contributed by atoms with Crippen LogP contribution in [0.1, 0.15) is 17.3 Å². The van der Waals surface area contributed by atoms with E-state index in [0.717, 1.165) is 11.3 Å². The Balaban J connectivity index is 2.16. The second-order valence-corrected chi connectivity index (χ2v) is 3.28. The first kappa shape index (κ1) is 10.4. The van der Waals surface area contributed by atoms with E-state index in [2.05, 4.69) is 16.7 Å². The maximum atomic E-state index is 5.14. The zero-order valence-corrected chi connectivity index (χ0v) is 9.01. The normalized spacial score (nSPS) is 10.1. The minimum absolute atomic E-state index is 0.442. The van der Waals surface area contributed by atoms with E-state index in [-0.39, 0.29) is 0 Å². The Bertz CT molecular complexity index is 491. The summed E-state index contributed by atoms with van der Waals surface area (Å²) in [7, 11) is 1.64. The highest BCUT2D eigenvalue weighted by Gasteiger charge is 2.04. The standard InChI is InChI=1S/C12H12N2O2/c1-3-12-13-11(14-16-12)8-9-5-4-6-10(7-9)15-2/h3-7H,1,8H2,2H3. The van der Waals surface area contributed by atoms with Crippen LogP contribution in [0.3, 0.4) is 0 Å². The molecule has 0 spiro atoms. The Morgan fingerprint density at radius 2 is 2.38 bits per heavy atom. The van der Waals surface area contributed by atoms with Gasteiger partial charge in [0, 0.05) is 6.42 Å². The van der Waals surface area contributed by atoms with Crippen LogP contribution < -0.4 is 4.74 Å². The number of benzene rings is 1. The van der Waals surface area contributed by atoms with Crippen LogP contribution in [0.25, 0.3) is 6.08 Å². The van der Waals surface area contributed by atoms with Crippen molar-refractivity contribution in [3.8, 4) is 5.75 Å². The van der Waals surface area contributed by atoms with Gasteiger partial charge in [0.25, 0.3) is 0 Å². The molecule has 0 saturated carbocycles. The van der Waals surface area contributed by atoms with E-state index in [1.54, 1.807) is 7.11 Å². The minimum Gasteiger partial charge on any atom is -0.497 e. The molecule has 0 saturated heterocycles. The Morgan fingerprint density at radius 3 is 3.06 bits per heavy atom. The minimum atomic E-state index is 0.442. The summed E-state index contributed by atoms with van der Waals surface area (Å²) in [5.41, 5.74) is 1.08. The van der Waals surface area contributed by atoms with Crippen LogP contribution in [-0.2, 0) is 6.42 Å². The summed E-state index contributed by atoms with van der Waals surface area (Å²) in [6.45, 7) is 3.56. The second-order valence-electron chi connectivity index (χ2n) is 3.28. The van der Waals surface area contributed by atoms with Gasteiger partial charge in [-0.3, -0.25) is 0 Å². The molecule has 0 atom stereocenters. The van der Waals surface area contributed by atoms with Crippen LogP contribution in [0.15, 0.2) is 35.4 Å². The smallest absolute Gasteiger partial charge is 0.250 e. The molecule has 0 fully saturated rings. The predicted molar refractivity (Wildman–Crippen MR) is 60.2 cm³/mol. The molecule has 0 radical (unpaired) electrons. The molecular formula is C12H12N2O2. The number of hydrogen-bond donors (Lipinski definition) is 0. The summed E-state index contributed by atoms with van der Waals surface area (Å²) in [6.07, 6.45) is 2.15. The summed E-state index contributed by atoms with van der Waals surface area (Å²) < 4.78 is 10.1. The molecule has 4 nitrogen and oxygen atoms in total. The molecule has 0 aliphatic carbocycles. The van der Waals surface area contributed by atoms with Crippen molar-refractivity contribution < 1.29 is 9.26 Å². The van der Waals surface area contributed by atoms with Crippen molar-refractivity contribution in [1.29, 1.82) is 0 Å². The summed E-state index contributed by atoms with van der Waals surface area (Å²) >= 11 is 0. The van der Waals surface area contributed by atoms with Crippen molar-refractivity contribution >= 4 is 6.08 Å². The third kappa shape index (κ3) is 2.28. The van der Waals surface area contributed by atoms with E-state index in [0.29, 0.717) is 18.1 Å². The molecule has 1 aromatic heterocycles. The molecule has 4 heteroatoms. The van der Waals surface area contributed by atoms with Gasteiger partial charge < -0.3 is 9.26 Å². The molecule has 1 heterocycles. The quantitative estimate of drug-likeness (QED) is 0.786. The average Bonchev–Trinajstić information content (AvgIpc) is 2.77. The molecule has 0 bridgehead atoms. The number of rotatable bonds is 4. The fourth-order valence-electron chi connectivity index (χ4n) is 1.39. The Labute approximate surface area is 93.6 Å². The van der Waals surface area contributed by atoms with E-state index in [9.17, 15) is 0 Å². The molecule has 1 aromatic carbocycles. The molecule has 0 aliphatic rings. The van der Waals surface area contributed by atoms with Crippen LogP contribution in [0.5, 0.6) is 5.75 Å². The van der Waals surface area contributed by atoms with Gasteiger partial charge in [-0.15, -0.1) is 0 Å². The maximum Gasteiger partial charge on any atom is 0.250 e. The number of ether oxygens (including phenoxy) is 1. The topological polar surface area (TPSA) is 48.2 Å². The Hall–Kier alpha value is -2.10. The van der Waals surface area contributed by atoms with Gasteiger partial charge in [0.2, 0.25) is 5.89 Å². The zero-order valence-electron chi connectivity index (χ0n) is 9.01. The van der Waals surface area contributed by atoms with Crippen LogP contribution in [0, 0.1) is 0 Å². The molecule has 0 N–H and O–H groups in total. The first-order valence-corrected chi connectivity index (χ1v) is 4.90. The van der Waals surface area contributed by atoms with Gasteiger partial charge in [0.1, 0.15) is 5.75 Å². The van der Waals surface area contributed by atoms with Crippen molar-refractivity contribution in [2.45, 2.75) is 6.42 Å². The lowest BCUT2D eigenvalue weighted by Gasteiger charge is -2.01. The lowest BCUT2D eigenvalue weighted by molar-refractivity contribution is 0.403. The molecule has 16 heavy (non-hydrogen) atoms. The highest BCUT2D eigenvalue weighted by molar-refractivity contribution is 5.34. The van der Waals surface area contributed by atoms with Crippen molar-refractivity contribution in [2.75, 3.05) is 7.11 Å². The maximum absolute atomic E-state index is 5.14. The van der Waals surface area contributed by atoms with E-state index in [4.69, 9.17) is 9.26 Å². The highest BCUT2D eigenvalue weighted by Crippen LogP contribution is 2.15. The van der Waals surface area contributed by atoms with Crippen molar-refractivity contribution in [3.05, 3.63) is 48.1 Å². The van der Waals surface area contributed by atoms with Crippen LogP contribution >= 0.6 is 0 Å². The largest absolute Gasteiger partial charge is 0.497 e. The van der Waals surface area contributed by atoms with Gasteiger partial charge in [-0.1, -0.05) is 23.9 Å². The first-order valence-electron chi connectivity index (χ1n) is 4.90. The first-order chi connectivity index (χ1) is 7.81. The summed E-state index contributed by atoms with van der Waals surface area (Å²) in [5.74, 6) is 1.91. The number of nitrogens with zero attached hydrogens (tertiary/aromatic N) is 2. The lowest BCUT2D eigenvalue weighted by atomic mass is 10.1. The molecular weight excluding hydrogens is 204 g/mol. The van der Waals surface area contributed by atoms with Crippen LogP contribution in [0.4, 0.5) is 0 Å². The molecule has 0 unspecified atom stereocenters. The fraction of sp³-hybridized carbons (Fsp3) is 0.167. The summed E-state index contributed by atoms with van der Waals surface area (Å²) in [6, 6.07) is 7.77. The SMILES string of the molecule is C=Cc1nc(Cc2cccc(OC)c2)no1. The predicted octanol–water partition coefficient (Wildman–Crippen LogP) is 2.31. The fourth-order valence-corrected chi connectivity index (χ4v) is 1.39. The second kappa shape index (κ2) is 4.61. The Kier molecular flexibility index (Phi) is 3.00. The Morgan fingerprint density at radius 1 is 1.50 bits per heavy atom. The van der Waals surface area contributed by atoms with Gasteiger partial charge in [-0.05, 0) is 23.8 Å². The molecule has 82 valence electrons. The highest BCUT2D eigenvalue weighted by atomic mass is 16.5. The van der Waals surface area contributed by atoms with Crippen molar-refractivity contribution in [1.82, 2.24) is 10.1 Å². The molecule has 0 amide bonds. The van der Waals surface area contributed by atoms with Crippen LogP contribution in [0.2, 0.25) is 0 Å². The molecule has 2 rings (SSSR count). The zero-order chi connectivity index (χ0) is 11.4. The van der Waals surface area contributed by atoms with Crippen molar-refractivity contribution in [3.63, 3.8) is 0 Å². The van der Waals surface area contributed by atoms with E-state index in [1.807, 2.05) is 24.3 Å². The van der Waals surface area contributed by atoms with Gasteiger partial charge in [0.05, 0.1) is 7.11 Å². The number of methoxy groups -OCH3 is 1. The monoisotopic (exact) mass is 216 g/mol. The number of aromatic nitrogens is 2. The summed E-state index contributed by atoms with van der Waals surface area (Å²) in [4.78, 5) is 4.14. The van der Waals surface area contributed by atoms with Gasteiger partial charge in [-0.2, -0.15) is 4.98 Å². The van der Waals surface area contributed by atoms with Gasteiger partial charge in [-0.25, -0.2) is 0 Å². The van der Waals surface area contributed by atoms with E-state index >= 15 is 0 Å².